The molecule has 0 aliphatic heterocycles. The number of hydrogen-bond acceptors (Lipinski definition) is 4. The van der Waals surface area contributed by atoms with Crippen LogP contribution in [0.5, 0.6) is 0 Å². The molecule has 0 aliphatic rings. The van der Waals surface area contributed by atoms with Crippen molar-refractivity contribution in [2.75, 3.05) is 6.54 Å². The van der Waals surface area contributed by atoms with Crippen LogP contribution in [0.15, 0.2) is 60.7 Å². The van der Waals surface area contributed by atoms with Crippen molar-refractivity contribution in [3.8, 4) is 0 Å². The summed E-state index contributed by atoms with van der Waals surface area (Å²) in [5, 5.41) is 2.76. The second-order valence-electron chi connectivity index (χ2n) is 5.84. The van der Waals surface area contributed by atoms with Crippen molar-refractivity contribution < 1.29 is 14.3 Å². The van der Waals surface area contributed by atoms with Crippen LogP contribution in [0.1, 0.15) is 24.0 Å². The van der Waals surface area contributed by atoms with Gasteiger partial charge in [-0.15, -0.1) is 0 Å². The zero-order valence-corrected chi connectivity index (χ0v) is 14.2. The Morgan fingerprint density at radius 2 is 1.56 bits per heavy atom. The van der Waals surface area contributed by atoms with E-state index in [1.54, 1.807) is 0 Å². The van der Waals surface area contributed by atoms with Crippen LogP contribution < -0.4 is 11.1 Å². The molecule has 0 aliphatic carbocycles. The molecule has 0 saturated heterocycles. The Hall–Kier alpha value is -2.66. The highest BCUT2D eigenvalue weighted by Crippen LogP contribution is 2.03. The minimum Gasteiger partial charge on any atom is -0.461 e. The first-order chi connectivity index (χ1) is 12.1. The molecule has 5 nitrogen and oxygen atoms in total. The van der Waals surface area contributed by atoms with Crippen LogP contribution in [0.25, 0.3) is 0 Å². The number of hydrogen-bond donors (Lipinski definition) is 2. The van der Waals surface area contributed by atoms with E-state index < -0.39 is 12.0 Å². The molecular formula is C20H24N2O3. The average Bonchev–Trinajstić information content (AvgIpc) is 2.65. The highest BCUT2D eigenvalue weighted by Gasteiger charge is 2.18. The van der Waals surface area contributed by atoms with Gasteiger partial charge in [0.15, 0.2) is 0 Å². The third-order valence-electron chi connectivity index (χ3n) is 3.75. The van der Waals surface area contributed by atoms with Gasteiger partial charge in [-0.3, -0.25) is 9.59 Å². The molecule has 3 N–H and O–H groups in total. The van der Waals surface area contributed by atoms with Crippen molar-refractivity contribution in [3.63, 3.8) is 0 Å². The number of benzene rings is 2. The van der Waals surface area contributed by atoms with Crippen molar-refractivity contribution in [3.05, 3.63) is 71.8 Å². The maximum Gasteiger partial charge on any atom is 0.308 e. The normalized spacial score (nSPS) is 11.6. The van der Waals surface area contributed by atoms with Crippen LogP contribution >= 0.6 is 0 Å². The second-order valence-corrected chi connectivity index (χ2v) is 5.84. The van der Waals surface area contributed by atoms with Crippen LogP contribution in [0.3, 0.4) is 0 Å². The molecule has 0 spiro atoms. The van der Waals surface area contributed by atoms with E-state index in [0.29, 0.717) is 6.54 Å². The summed E-state index contributed by atoms with van der Waals surface area (Å²) < 4.78 is 5.13. The lowest BCUT2D eigenvalue weighted by molar-refractivity contribution is -0.146. The zero-order chi connectivity index (χ0) is 17.9. The van der Waals surface area contributed by atoms with E-state index in [9.17, 15) is 9.59 Å². The number of nitrogens with two attached hydrogens (primary N) is 1. The van der Waals surface area contributed by atoms with E-state index >= 15 is 0 Å². The predicted octanol–water partition coefficient (Wildman–Crippen LogP) is 2.20. The third kappa shape index (κ3) is 7.18. The molecule has 0 heterocycles. The maximum absolute atomic E-state index is 11.9. The lowest BCUT2D eigenvalue weighted by Crippen LogP contribution is -2.42. The summed E-state index contributed by atoms with van der Waals surface area (Å²) in [4.78, 5) is 23.7. The summed E-state index contributed by atoms with van der Waals surface area (Å²) >= 11 is 0. The van der Waals surface area contributed by atoms with E-state index in [2.05, 4.69) is 17.4 Å². The molecule has 132 valence electrons. The van der Waals surface area contributed by atoms with Gasteiger partial charge in [0.1, 0.15) is 6.61 Å². The highest BCUT2D eigenvalue weighted by atomic mass is 16.5. The van der Waals surface area contributed by atoms with Gasteiger partial charge in [0, 0.05) is 6.54 Å². The van der Waals surface area contributed by atoms with Crippen molar-refractivity contribution >= 4 is 11.9 Å². The van der Waals surface area contributed by atoms with Crippen LogP contribution in [0, 0.1) is 0 Å². The average molecular weight is 340 g/mol. The second kappa shape index (κ2) is 10.3. The van der Waals surface area contributed by atoms with Gasteiger partial charge >= 0.3 is 5.97 Å². The van der Waals surface area contributed by atoms with Crippen molar-refractivity contribution in [1.29, 1.82) is 0 Å². The first kappa shape index (κ1) is 18.7. The van der Waals surface area contributed by atoms with Crippen molar-refractivity contribution in [2.45, 2.75) is 31.9 Å². The van der Waals surface area contributed by atoms with Gasteiger partial charge in [-0.2, -0.15) is 0 Å². The minimum atomic E-state index is -0.889. The van der Waals surface area contributed by atoms with Gasteiger partial charge in [-0.25, -0.2) is 0 Å². The number of carbonyl (C=O) groups is 2. The highest BCUT2D eigenvalue weighted by molar-refractivity contribution is 5.86. The van der Waals surface area contributed by atoms with E-state index in [1.807, 2.05) is 48.5 Å². The Morgan fingerprint density at radius 1 is 0.960 bits per heavy atom. The quantitative estimate of drug-likeness (QED) is 0.542. The SMILES string of the molecule is N[C@@H](CC(=O)OCc1ccccc1)C(=O)NCCCc1ccccc1. The Balaban J connectivity index is 1.61. The number of amides is 1. The molecule has 2 rings (SSSR count). The fourth-order valence-electron chi connectivity index (χ4n) is 2.35. The first-order valence-corrected chi connectivity index (χ1v) is 8.42. The van der Waals surface area contributed by atoms with Gasteiger partial charge in [0.2, 0.25) is 5.91 Å². The smallest absolute Gasteiger partial charge is 0.308 e. The number of nitrogens with one attached hydrogen (secondary N) is 1. The summed E-state index contributed by atoms with van der Waals surface area (Å²) in [6, 6.07) is 18.5. The van der Waals surface area contributed by atoms with Gasteiger partial charge in [-0.1, -0.05) is 60.7 Å². The first-order valence-electron chi connectivity index (χ1n) is 8.42. The standard InChI is InChI=1S/C20H24N2O3/c21-18(14-19(23)25-15-17-10-5-2-6-11-17)20(24)22-13-7-12-16-8-3-1-4-9-16/h1-6,8-11,18H,7,12-15,21H2,(H,22,24)/t18-/m0/s1. The van der Waals surface area contributed by atoms with Crippen LogP contribution in [-0.4, -0.2) is 24.5 Å². The van der Waals surface area contributed by atoms with Crippen molar-refractivity contribution in [1.82, 2.24) is 5.32 Å². The zero-order valence-electron chi connectivity index (χ0n) is 14.2. The number of carbonyl (C=O) groups excluding carboxylic acids is 2. The monoisotopic (exact) mass is 340 g/mol. The molecular weight excluding hydrogens is 316 g/mol. The number of rotatable bonds is 9. The maximum atomic E-state index is 11.9. The largest absolute Gasteiger partial charge is 0.461 e. The molecule has 0 bridgehead atoms. The molecule has 2 aromatic rings. The Morgan fingerprint density at radius 3 is 2.20 bits per heavy atom. The predicted molar refractivity (Wildman–Crippen MR) is 96.6 cm³/mol. The van der Waals surface area contributed by atoms with E-state index in [0.717, 1.165) is 18.4 Å². The lowest BCUT2D eigenvalue weighted by Gasteiger charge is -2.12. The third-order valence-corrected chi connectivity index (χ3v) is 3.75. The minimum absolute atomic E-state index is 0.128. The van der Waals surface area contributed by atoms with Gasteiger partial charge in [0.05, 0.1) is 12.5 Å². The summed E-state index contributed by atoms with van der Waals surface area (Å²) in [6.07, 6.45) is 1.58. The van der Waals surface area contributed by atoms with Gasteiger partial charge < -0.3 is 15.8 Å². The molecule has 0 saturated carbocycles. The summed E-state index contributed by atoms with van der Waals surface area (Å²) in [7, 11) is 0. The molecule has 1 atom stereocenters. The van der Waals surface area contributed by atoms with Crippen LogP contribution in [-0.2, 0) is 27.4 Å². The Bertz CT molecular complexity index is 659. The Labute approximate surface area is 148 Å². The topological polar surface area (TPSA) is 81.4 Å². The molecule has 0 aromatic heterocycles. The van der Waals surface area contributed by atoms with Crippen molar-refractivity contribution in [2.24, 2.45) is 5.73 Å². The summed E-state index contributed by atoms with van der Waals surface area (Å²) in [6.45, 7) is 0.714. The van der Waals surface area contributed by atoms with E-state index in [1.165, 1.54) is 5.56 Å². The molecule has 2 aromatic carbocycles. The molecule has 0 unspecified atom stereocenters. The van der Waals surface area contributed by atoms with Crippen LogP contribution in [0.4, 0.5) is 0 Å². The molecule has 1 amide bonds. The number of esters is 1. The summed E-state index contributed by atoms with van der Waals surface area (Å²) in [5.41, 5.74) is 7.89. The van der Waals surface area contributed by atoms with Gasteiger partial charge in [-0.05, 0) is 24.0 Å². The van der Waals surface area contributed by atoms with E-state index in [-0.39, 0.29) is 18.9 Å². The molecule has 25 heavy (non-hydrogen) atoms. The molecule has 0 fully saturated rings. The lowest BCUT2D eigenvalue weighted by atomic mass is 10.1. The van der Waals surface area contributed by atoms with Gasteiger partial charge in [0.25, 0.3) is 0 Å². The Kier molecular flexibility index (Phi) is 7.66. The number of aryl methyl sites for hydroxylation is 1. The fraction of sp³-hybridized carbons (Fsp3) is 0.300. The summed E-state index contributed by atoms with van der Waals surface area (Å²) in [5.74, 6) is -0.805. The molecule has 0 radical (unpaired) electrons. The molecule has 5 heteroatoms. The van der Waals surface area contributed by atoms with Crippen LogP contribution in [0.2, 0.25) is 0 Å². The number of ether oxygens (including phenoxy) is 1. The van der Waals surface area contributed by atoms with E-state index in [4.69, 9.17) is 10.5 Å². The fourth-order valence-corrected chi connectivity index (χ4v) is 2.35.